The molecule has 0 spiro atoms. The van der Waals surface area contributed by atoms with E-state index in [0.29, 0.717) is 23.6 Å². The van der Waals surface area contributed by atoms with Crippen LogP contribution in [0, 0.1) is 5.82 Å². The number of hydrogen-bond donors (Lipinski definition) is 0. The summed E-state index contributed by atoms with van der Waals surface area (Å²) in [7, 11) is 0. The van der Waals surface area contributed by atoms with Crippen LogP contribution in [0.15, 0.2) is 30.6 Å². The first-order valence-electron chi connectivity index (χ1n) is 6.80. The van der Waals surface area contributed by atoms with Crippen LogP contribution in [-0.2, 0) is 13.0 Å². The van der Waals surface area contributed by atoms with Gasteiger partial charge in [0.25, 0.3) is 0 Å². The molecule has 0 radical (unpaired) electrons. The highest BCUT2D eigenvalue weighted by atomic mass is 35.5. The maximum absolute atomic E-state index is 13.8. The van der Waals surface area contributed by atoms with Gasteiger partial charge in [-0.15, -0.1) is 0 Å². The summed E-state index contributed by atoms with van der Waals surface area (Å²) in [5.74, 6) is -0.122. The molecule has 20 heavy (non-hydrogen) atoms. The van der Waals surface area contributed by atoms with E-state index in [9.17, 15) is 9.18 Å². The summed E-state index contributed by atoms with van der Waals surface area (Å²) in [6, 6.07) is 4.68. The fourth-order valence-corrected chi connectivity index (χ4v) is 2.92. The maximum atomic E-state index is 13.8. The topological polar surface area (TPSA) is 22.0 Å². The minimum absolute atomic E-state index is 0.191. The molecule has 0 fully saturated rings. The number of rotatable bonds is 2. The highest BCUT2D eigenvalue weighted by Gasteiger charge is 2.18. The van der Waals surface area contributed by atoms with Gasteiger partial charge in [0.05, 0.1) is 6.54 Å². The van der Waals surface area contributed by atoms with Crippen LogP contribution in [0.3, 0.4) is 0 Å². The summed E-state index contributed by atoms with van der Waals surface area (Å²) in [5.41, 5.74) is 2.32. The van der Waals surface area contributed by atoms with E-state index < -0.39 is 0 Å². The molecule has 0 atom stereocenters. The fraction of sp³-hybridized carbons (Fsp3) is 0.312. The van der Waals surface area contributed by atoms with E-state index in [2.05, 4.69) is 0 Å². The van der Waals surface area contributed by atoms with Gasteiger partial charge in [0.15, 0.2) is 5.78 Å². The van der Waals surface area contributed by atoms with E-state index in [0.717, 1.165) is 30.4 Å². The molecular weight excluding hydrogens is 277 g/mol. The van der Waals surface area contributed by atoms with Crippen molar-refractivity contribution >= 4 is 17.4 Å². The Labute approximate surface area is 122 Å². The van der Waals surface area contributed by atoms with E-state index >= 15 is 0 Å². The number of halogens is 2. The van der Waals surface area contributed by atoms with Gasteiger partial charge in [0.1, 0.15) is 5.82 Å². The van der Waals surface area contributed by atoms with Crippen LogP contribution in [0.4, 0.5) is 4.39 Å². The van der Waals surface area contributed by atoms with Crippen molar-refractivity contribution in [3.63, 3.8) is 0 Å². The third kappa shape index (κ3) is 2.50. The van der Waals surface area contributed by atoms with Crippen molar-refractivity contribution in [2.75, 3.05) is 0 Å². The molecule has 0 saturated heterocycles. The Balaban J connectivity index is 1.93. The first-order chi connectivity index (χ1) is 9.65. The van der Waals surface area contributed by atoms with Gasteiger partial charge in [0, 0.05) is 35.0 Å². The highest BCUT2D eigenvalue weighted by molar-refractivity contribution is 6.31. The molecule has 2 nitrogen and oxygen atoms in total. The average molecular weight is 292 g/mol. The van der Waals surface area contributed by atoms with Crippen LogP contribution >= 0.6 is 11.6 Å². The number of nitrogens with zero attached hydrogens (tertiary/aromatic N) is 1. The minimum Gasteiger partial charge on any atom is -0.349 e. The summed E-state index contributed by atoms with van der Waals surface area (Å²) >= 11 is 6.04. The van der Waals surface area contributed by atoms with Crippen LogP contribution in [-0.4, -0.2) is 10.4 Å². The SMILES string of the molecule is O=C1CCCCc2cn(Cc3c(F)cccc3Cl)cc21. The zero-order chi connectivity index (χ0) is 14.1. The van der Waals surface area contributed by atoms with Gasteiger partial charge in [-0.05, 0) is 37.0 Å². The second-order valence-corrected chi connectivity index (χ2v) is 5.61. The van der Waals surface area contributed by atoms with Gasteiger partial charge in [-0.3, -0.25) is 4.79 Å². The number of aryl methyl sites for hydroxylation is 1. The molecule has 0 bridgehead atoms. The molecule has 1 aromatic heterocycles. The molecule has 4 heteroatoms. The smallest absolute Gasteiger partial charge is 0.164 e. The summed E-state index contributed by atoms with van der Waals surface area (Å²) in [4.78, 5) is 12.0. The normalized spacial score (nSPS) is 15.0. The van der Waals surface area contributed by atoms with Crippen LogP contribution < -0.4 is 0 Å². The quantitative estimate of drug-likeness (QED) is 0.759. The van der Waals surface area contributed by atoms with Crippen molar-refractivity contribution in [1.29, 1.82) is 0 Å². The van der Waals surface area contributed by atoms with E-state index in [1.807, 2.05) is 17.0 Å². The standard InChI is InChI=1S/C16H15ClFNO/c17-14-5-3-6-15(18)13(14)10-19-8-11-4-1-2-7-16(20)12(11)9-19/h3,5-6,8-9H,1-2,4,7,10H2. The molecular formula is C16H15ClFNO. The fourth-order valence-electron chi connectivity index (χ4n) is 2.70. The lowest BCUT2D eigenvalue weighted by Gasteiger charge is -2.07. The summed E-state index contributed by atoms with van der Waals surface area (Å²) in [6.45, 7) is 0.353. The van der Waals surface area contributed by atoms with Crippen molar-refractivity contribution in [2.24, 2.45) is 0 Å². The lowest BCUT2D eigenvalue weighted by molar-refractivity contribution is 0.0982. The van der Waals surface area contributed by atoms with Crippen LogP contribution in [0.1, 0.15) is 40.7 Å². The third-order valence-electron chi connectivity index (χ3n) is 3.77. The molecule has 0 unspecified atom stereocenters. The number of aromatic nitrogens is 1. The Kier molecular flexibility index (Phi) is 3.62. The van der Waals surface area contributed by atoms with Crippen molar-refractivity contribution in [3.05, 3.63) is 58.1 Å². The van der Waals surface area contributed by atoms with Gasteiger partial charge in [0.2, 0.25) is 0 Å². The molecule has 104 valence electrons. The lowest BCUT2D eigenvalue weighted by atomic mass is 10.1. The Morgan fingerprint density at radius 3 is 2.80 bits per heavy atom. The first-order valence-corrected chi connectivity index (χ1v) is 7.17. The first kappa shape index (κ1) is 13.4. The largest absolute Gasteiger partial charge is 0.349 e. The third-order valence-corrected chi connectivity index (χ3v) is 4.12. The number of carbonyl (C=O) groups is 1. The Morgan fingerprint density at radius 1 is 1.20 bits per heavy atom. The van der Waals surface area contributed by atoms with Gasteiger partial charge in [-0.2, -0.15) is 0 Å². The van der Waals surface area contributed by atoms with Gasteiger partial charge >= 0.3 is 0 Å². The van der Waals surface area contributed by atoms with Crippen molar-refractivity contribution in [3.8, 4) is 0 Å². The number of Topliss-reactive ketones (excluding diaryl/α,β-unsaturated/α-hetero) is 1. The molecule has 1 aliphatic rings. The second-order valence-electron chi connectivity index (χ2n) is 5.20. The Hall–Kier alpha value is -1.61. The lowest BCUT2D eigenvalue weighted by Crippen LogP contribution is -2.01. The van der Waals surface area contributed by atoms with Crippen LogP contribution in [0.5, 0.6) is 0 Å². The summed E-state index contributed by atoms with van der Waals surface area (Å²) < 4.78 is 15.7. The Bertz CT molecular complexity index is 642. The predicted octanol–water partition coefficient (Wildman–Crippen LogP) is 4.24. The number of hydrogen-bond acceptors (Lipinski definition) is 1. The molecule has 2 aromatic rings. The van der Waals surface area contributed by atoms with Crippen LogP contribution in [0.25, 0.3) is 0 Å². The van der Waals surface area contributed by atoms with Gasteiger partial charge in [-0.1, -0.05) is 17.7 Å². The van der Waals surface area contributed by atoms with E-state index in [1.165, 1.54) is 6.07 Å². The zero-order valence-corrected chi connectivity index (χ0v) is 11.8. The summed E-state index contributed by atoms with van der Waals surface area (Å²) in [6.07, 6.45) is 7.28. The van der Waals surface area contributed by atoms with Crippen molar-refractivity contribution in [1.82, 2.24) is 4.57 Å². The molecule has 1 aromatic carbocycles. The molecule has 0 N–H and O–H groups in total. The van der Waals surface area contributed by atoms with E-state index in [-0.39, 0.29) is 11.6 Å². The maximum Gasteiger partial charge on any atom is 0.164 e. The van der Waals surface area contributed by atoms with E-state index in [1.54, 1.807) is 12.1 Å². The van der Waals surface area contributed by atoms with Crippen molar-refractivity contribution in [2.45, 2.75) is 32.2 Å². The zero-order valence-electron chi connectivity index (χ0n) is 11.0. The molecule has 0 aliphatic heterocycles. The average Bonchev–Trinajstić information content (AvgIpc) is 2.74. The molecule has 0 amide bonds. The van der Waals surface area contributed by atoms with E-state index in [4.69, 9.17) is 11.6 Å². The molecule has 1 heterocycles. The monoisotopic (exact) mass is 291 g/mol. The molecule has 3 rings (SSSR count). The highest BCUT2D eigenvalue weighted by Crippen LogP contribution is 2.24. The summed E-state index contributed by atoms with van der Waals surface area (Å²) in [5, 5.41) is 0.417. The number of benzene rings is 1. The van der Waals surface area contributed by atoms with Gasteiger partial charge < -0.3 is 4.57 Å². The van der Waals surface area contributed by atoms with Crippen LogP contribution in [0.2, 0.25) is 5.02 Å². The van der Waals surface area contributed by atoms with Gasteiger partial charge in [-0.25, -0.2) is 4.39 Å². The molecule has 0 saturated carbocycles. The molecule has 1 aliphatic carbocycles. The Morgan fingerprint density at radius 2 is 2.00 bits per heavy atom. The predicted molar refractivity (Wildman–Crippen MR) is 76.8 cm³/mol. The number of fused-ring (bicyclic) bond motifs is 1. The van der Waals surface area contributed by atoms with Crippen molar-refractivity contribution < 1.29 is 9.18 Å². The second kappa shape index (κ2) is 5.41. The number of carbonyl (C=O) groups excluding carboxylic acids is 1. The minimum atomic E-state index is -0.312. The number of ketones is 1.